The summed E-state index contributed by atoms with van der Waals surface area (Å²) in [6, 6.07) is 8.36. The summed E-state index contributed by atoms with van der Waals surface area (Å²) in [7, 11) is 1.71. The second kappa shape index (κ2) is 5.61. The van der Waals surface area contributed by atoms with Gasteiger partial charge in [0.15, 0.2) is 5.90 Å². The summed E-state index contributed by atoms with van der Waals surface area (Å²) >= 11 is 0. The topological polar surface area (TPSA) is 42.9 Å². The van der Waals surface area contributed by atoms with E-state index in [-0.39, 0.29) is 6.04 Å². The molecule has 2 aliphatic heterocycles. The van der Waals surface area contributed by atoms with Gasteiger partial charge in [-0.1, -0.05) is 18.2 Å². The van der Waals surface area contributed by atoms with Crippen LogP contribution in [0.2, 0.25) is 0 Å². The average Bonchev–Trinajstić information content (AvgIpc) is 3.09. The standard InChI is InChI=1S/C15H20N2O2/c1-18-14-5-3-2-4-11(14)8-13-10-19-15(17-13)12-6-7-16-9-12/h2-5,12-13,16H,6-10H2,1H3. The number of nitrogens with zero attached hydrogens (tertiary/aromatic N) is 1. The van der Waals surface area contributed by atoms with Crippen molar-refractivity contribution in [2.45, 2.75) is 18.9 Å². The summed E-state index contributed by atoms with van der Waals surface area (Å²) in [5.74, 6) is 2.36. The number of para-hydroxylation sites is 1. The van der Waals surface area contributed by atoms with Gasteiger partial charge in [0, 0.05) is 18.9 Å². The minimum Gasteiger partial charge on any atom is -0.496 e. The van der Waals surface area contributed by atoms with Crippen LogP contribution < -0.4 is 10.1 Å². The molecular formula is C15H20N2O2. The van der Waals surface area contributed by atoms with Crippen molar-refractivity contribution >= 4 is 5.90 Å². The molecule has 0 bridgehead atoms. The zero-order valence-electron chi connectivity index (χ0n) is 11.3. The molecule has 1 fully saturated rings. The third-order valence-corrected chi connectivity index (χ3v) is 3.79. The van der Waals surface area contributed by atoms with Crippen molar-refractivity contribution in [2.75, 3.05) is 26.8 Å². The Labute approximate surface area is 113 Å². The second-order valence-electron chi connectivity index (χ2n) is 5.14. The third kappa shape index (κ3) is 2.73. The minimum atomic E-state index is 0.229. The Kier molecular flexibility index (Phi) is 3.69. The summed E-state index contributed by atoms with van der Waals surface area (Å²) in [4.78, 5) is 4.74. The molecule has 2 unspecified atom stereocenters. The van der Waals surface area contributed by atoms with Crippen molar-refractivity contribution in [1.29, 1.82) is 0 Å². The van der Waals surface area contributed by atoms with Gasteiger partial charge in [-0.2, -0.15) is 0 Å². The Morgan fingerprint density at radius 1 is 1.42 bits per heavy atom. The number of rotatable bonds is 4. The van der Waals surface area contributed by atoms with E-state index in [1.54, 1.807) is 7.11 Å². The van der Waals surface area contributed by atoms with Crippen LogP contribution in [0, 0.1) is 5.92 Å². The van der Waals surface area contributed by atoms with E-state index in [1.165, 1.54) is 5.56 Å². The maximum atomic E-state index is 5.76. The molecule has 0 aliphatic carbocycles. The molecule has 2 heterocycles. The normalized spacial score (nSPS) is 26.1. The molecule has 0 amide bonds. The van der Waals surface area contributed by atoms with Crippen molar-refractivity contribution in [3.63, 3.8) is 0 Å². The third-order valence-electron chi connectivity index (χ3n) is 3.79. The molecule has 1 N–H and O–H groups in total. The summed E-state index contributed by atoms with van der Waals surface area (Å²) in [6.07, 6.45) is 2.02. The fourth-order valence-corrected chi connectivity index (χ4v) is 2.75. The van der Waals surface area contributed by atoms with Crippen molar-refractivity contribution in [3.05, 3.63) is 29.8 Å². The van der Waals surface area contributed by atoms with Gasteiger partial charge in [0.05, 0.1) is 13.2 Å². The average molecular weight is 260 g/mol. The van der Waals surface area contributed by atoms with Crippen LogP contribution in [0.5, 0.6) is 5.75 Å². The van der Waals surface area contributed by atoms with Crippen LogP contribution in [0.25, 0.3) is 0 Å². The predicted molar refractivity (Wildman–Crippen MR) is 74.8 cm³/mol. The van der Waals surface area contributed by atoms with Gasteiger partial charge < -0.3 is 14.8 Å². The minimum absolute atomic E-state index is 0.229. The van der Waals surface area contributed by atoms with Gasteiger partial charge in [0.1, 0.15) is 12.4 Å². The molecule has 0 saturated carbocycles. The van der Waals surface area contributed by atoms with Gasteiger partial charge in [-0.25, -0.2) is 4.99 Å². The lowest BCUT2D eigenvalue weighted by atomic mass is 10.1. The van der Waals surface area contributed by atoms with E-state index in [9.17, 15) is 0 Å². The predicted octanol–water partition coefficient (Wildman–Crippen LogP) is 1.64. The summed E-state index contributed by atoms with van der Waals surface area (Å²) in [5, 5.41) is 3.35. The van der Waals surface area contributed by atoms with Crippen molar-refractivity contribution in [1.82, 2.24) is 5.32 Å². The second-order valence-corrected chi connectivity index (χ2v) is 5.14. The number of hydrogen-bond donors (Lipinski definition) is 1. The van der Waals surface area contributed by atoms with Crippen molar-refractivity contribution in [2.24, 2.45) is 10.9 Å². The molecule has 1 aromatic rings. The lowest BCUT2D eigenvalue weighted by Gasteiger charge is -2.09. The lowest BCUT2D eigenvalue weighted by molar-refractivity contribution is 0.298. The summed E-state index contributed by atoms with van der Waals surface area (Å²) in [6.45, 7) is 2.77. The van der Waals surface area contributed by atoms with Crippen LogP contribution in [0.15, 0.2) is 29.3 Å². The lowest BCUT2D eigenvalue weighted by Crippen LogP contribution is -2.17. The SMILES string of the molecule is COc1ccccc1CC1COC(C2CCNC2)=N1. The summed E-state index contributed by atoms with van der Waals surface area (Å²) in [5.41, 5.74) is 1.20. The maximum Gasteiger partial charge on any atom is 0.188 e. The van der Waals surface area contributed by atoms with E-state index < -0.39 is 0 Å². The first-order valence-electron chi connectivity index (χ1n) is 6.90. The van der Waals surface area contributed by atoms with E-state index in [0.29, 0.717) is 12.5 Å². The van der Waals surface area contributed by atoms with Gasteiger partial charge in [-0.05, 0) is 24.6 Å². The smallest absolute Gasteiger partial charge is 0.188 e. The van der Waals surface area contributed by atoms with Crippen LogP contribution in [0.4, 0.5) is 0 Å². The fourth-order valence-electron chi connectivity index (χ4n) is 2.75. The van der Waals surface area contributed by atoms with Gasteiger partial charge in [0.25, 0.3) is 0 Å². The molecule has 0 radical (unpaired) electrons. The zero-order valence-corrected chi connectivity index (χ0v) is 11.3. The Morgan fingerprint density at radius 2 is 2.32 bits per heavy atom. The van der Waals surface area contributed by atoms with E-state index in [4.69, 9.17) is 14.5 Å². The largest absolute Gasteiger partial charge is 0.496 e. The Balaban J connectivity index is 1.67. The molecule has 1 aromatic carbocycles. The molecule has 3 rings (SSSR count). The molecule has 19 heavy (non-hydrogen) atoms. The molecule has 0 aromatic heterocycles. The highest BCUT2D eigenvalue weighted by Gasteiger charge is 2.28. The number of hydrogen-bond acceptors (Lipinski definition) is 4. The van der Waals surface area contributed by atoms with E-state index in [2.05, 4.69) is 11.4 Å². The van der Waals surface area contributed by atoms with Crippen LogP contribution in [-0.4, -0.2) is 38.7 Å². The van der Waals surface area contributed by atoms with E-state index in [1.807, 2.05) is 18.2 Å². The molecule has 0 spiro atoms. The zero-order chi connectivity index (χ0) is 13.1. The number of benzene rings is 1. The highest BCUT2D eigenvalue weighted by molar-refractivity contribution is 5.80. The van der Waals surface area contributed by atoms with E-state index in [0.717, 1.165) is 37.6 Å². The van der Waals surface area contributed by atoms with Crippen molar-refractivity contribution in [3.8, 4) is 5.75 Å². The Morgan fingerprint density at radius 3 is 3.11 bits per heavy atom. The molecule has 4 nitrogen and oxygen atoms in total. The first-order valence-corrected chi connectivity index (χ1v) is 6.90. The molecule has 2 atom stereocenters. The number of nitrogens with one attached hydrogen (secondary N) is 1. The van der Waals surface area contributed by atoms with E-state index >= 15 is 0 Å². The number of methoxy groups -OCH3 is 1. The van der Waals surface area contributed by atoms with Gasteiger partial charge in [-0.3, -0.25) is 0 Å². The fraction of sp³-hybridized carbons (Fsp3) is 0.533. The maximum absolute atomic E-state index is 5.76. The van der Waals surface area contributed by atoms with Crippen LogP contribution in [0.3, 0.4) is 0 Å². The number of aliphatic imine (C=N–C) groups is 1. The Hall–Kier alpha value is -1.55. The highest BCUT2D eigenvalue weighted by atomic mass is 16.5. The van der Waals surface area contributed by atoms with Crippen LogP contribution >= 0.6 is 0 Å². The quantitative estimate of drug-likeness (QED) is 0.895. The van der Waals surface area contributed by atoms with Gasteiger partial charge in [0.2, 0.25) is 0 Å². The molecular weight excluding hydrogens is 240 g/mol. The van der Waals surface area contributed by atoms with Gasteiger partial charge in [-0.15, -0.1) is 0 Å². The van der Waals surface area contributed by atoms with Crippen LogP contribution in [-0.2, 0) is 11.2 Å². The Bertz CT molecular complexity index is 467. The highest BCUT2D eigenvalue weighted by Crippen LogP contribution is 2.23. The number of ether oxygens (including phenoxy) is 2. The monoisotopic (exact) mass is 260 g/mol. The summed E-state index contributed by atoms with van der Waals surface area (Å²) < 4.78 is 11.1. The van der Waals surface area contributed by atoms with Gasteiger partial charge >= 0.3 is 0 Å². The first-order chi connectivity index (χ1) is 9.36. The first kappa shape index (κ1) is 12.5. The molecule has 1 saturated heterocycles. The molecule has 2 aliphatic rings. The molecule has 102 valence electrons. The van der Waals surface area contributed by atoms with Crippen molar-refractivity contribution < 1.29 is 9.47 Å². The molecule has 4 heteroatoms. The van der Waals surface area contributed by atoms with Crippen LogP contribution in [0.1, 0.15) is 12.0 Å².